The molecule has 1 fully saturated rings. The average Bonchev–Trinajstić information content (AvgIpc) is 2.88. The van der Waals surface area contributed by atoms with E-state index < -0.39 is 5.91 Å². The zero-order chi connectivity index (χ0) is 15.2. The summed E-state index contributed by atoms with van der Waals surface area (Å²) >= 11 is 0. The smallest absolute Gasteiger partial charge is 0.261 e. The van der Waals surface area contributed by atoms with E-state index in [1.54, 1.807) is 29.4 Å². The van der Waals surface area contributed by atoms with Gasteiger partial charge in [-0.25, -0.2) is 0 Å². The second kappa shape index (κ2) is 7.03. The lowest BCUT2D eigenvalue weighted by atomic mass is 10.1. The molecule has 2 heterocycles. The molecule has 0 bridgehead atoms. The molecule has 0 aromatic carbocycles. The predicted molar refractivity (Wildman–Crippen MR) is 76.3 cm³/mol. The monoisotopic (exact) mass is 292 g/mol. The second-order valence-electron chi connectivity index (χ2n) is 5.07. The van der Waals surface area contributed by atoms with E-state index in [-0.39, 0.29) is 31.0 Å². The molecule has 7 heteroatoms. The number of nitrogens with two attached hydrogens (primary N) is 2. The van der Waals surface area contributed by atoms with E-state index in [0.717, 1.165) is 12.8 Å². The van der Waals surface area contributed by atoms with Crippen LogP contribution in [0.25, 0.3) is 0 Å². The van der Waals surface area contributed by atoms with Gasteiger partial charge in [0.1, 0.15) is 5.75 Å². The van der Waals surface area contributed by atoms with Gasteiger partial charge in [0.15, 0.2) is 6.61 Å². The van der Waals surface area contributed by atoms with Crippen molar-refractivity contribution in [2.75, 3.05) is 13.2 Å². The van der Waals surface area contributed by atoms with Gasteiger partial charge in [0.25, 0.3) is 5.91 Å². The van der Waals surface area contributed by atoms with Crippen LogP contribution >= 0.6 is 0 Å². The molecule has 21 heavy (non-hydrogen) atoms. The molecular formula is C14H20N4O3. The first kappa shape index (κ1) is 15.2. The van der Waals surface area contributed by atoms with Crippen LogP contribution in [0.5, 0.6) is 5.75 Å². The lowest BCUT2D eigenvalue weighted by Gasteiger charge is -2.29. The van der Waals surface area contributed by atoms with E-state index in [0.29, 0.717) is 12.3 Å². The maximum atomic E-state index is 12.4. The Morgan fingerprint density at radius 1 is 1.38 bits per heavy atom. The number of amides is 2. The number of pyridine rings is 1. The van der Waals surface area contributed by atoms with Crippen LogP contribution in [0.3, 0.4) is 0 Å². The van der Waals surface area contributed by atoms with Crippen molar-refractivity contribution < 1.29 is 14.3 Å². The minimum absolute atomic E-state index is 0.0562. The van der Waals surface area contributed by atoms with Gasteiger partial charge in [-0.2, -0.15) is 0 Å². The van der Waals surface area contributed by atoms with Crippen molar-refractivity contribution in [3.05, 3.63) is 24.5 Å². The quantitative estimate of drug-likeness (QED) is 0.744. The van der Waals surface area contributed by atoms with Gasteiger partial charge in [0, 0.05) is 31.2 Å². The molecule has 0 spiro atoms. The number of ether oxygens (including phenoxy) is 1. The van der Waals surface area contributed by atoms with E-state index in [2.05, 4.69) is 4.98 Å². The second-order valence-corrected chi connectivity index (χ2v) is 5.07. The Labute approximate surface area is 123 Å². The van der Waals surface area contributed by atoms with Gasteiger partial charge >= 0.3 is 0 Å². The SMILES string of the molecule is NC[C@@H]1CC[C@H](CC(N)=O)N1C(=O)COc1cccnc1. The molecule has 2 rings (SSSR count). The fraction of sp³-hybridized carbons (Fsp3) is 0.500. The summed E-state index contributed by atoms with van der Waals surface area (Å²) in [6.07, 6.45) is 4.85. The lowest BCUT2D eigenvalue weighted by molar-refractivity contribution is -0.136. The van der Waals surface area contributed by atoms with Crippen LogP contribution in [-0.4, -0.2) is 46.9 Å². The standard InChI is InChI=1S/C14H20N4O3/c15-7-11-4-3-10(6-13(16)19)18(11)14(20)9-21-12-2-1-5-17-8-12/h1-2,5,8,10-11H,3-4,6-7,9,15H2,(H2,16,19)/t10-,11+/m1/s1. The van der Waals surface area contributed by atoms with E-state index >= 15 is 0 Å². The van der Waals surface area contributed by atoms with Crippen LogP contribution in [0.15, 0.2) is 24.5 Å². The zero-order valence-electron chi connectivity index (χ0n) is 11.8. The zero-order valence-corrected chi connectivity index (χ0v) is 11.8. The topological polar surface area (TPSA) is 112 Å². The van der Waals surface area contributed by atoms with Gasteiger partial charge < -0.3 is 21.1 Å². The van der Waals surface area contributed by atoms with E-state index in [9.17, 15) is 9.59 Å². The fourth-order valence-corrected chi connectivity index (χ4v) is 2.68. The van der Waals surface area contributed by atoms with Gasteiger partial charge in [-0.1, -0.05) is 0 Å². The minimum atomic E-state index is -0.413. The molecule has 0 aliphatic carbocycles. The molecule has 1 aliphatic heterocycles. The van der Waals surface area contributed by atoms with Crippen LogP contribution in [0, 0.1) is 0 Å². The summed E-state index contributed by atoms with van der Waals surface area (Å²) in [6, 6.07) is 3.22. The van der Waals surface area contributed by atoms with Gasteiger partial charge in [-0.3, -0.25) is 14.6 Å². The molecule has 114 valence electrons. The number of hydrogen-bond acceptors (Lipinski definition) is 5. The molecule has 1 aromatic rings. The summed E-state index contributed by atoms with van der Waals surface area (Å²) in [5.74, 6) is -0.0671. The summed E-state index contributed by atoms with van der Waals surface area (Å²) in [7, 11) is 0. The average molecular weight is 292 g/mol. The van der Waals surface area contributed by atoms with Gasteiger partial charge in [0.05, 0.1) is 6.20 Å². The van der Waals surface area contributed by atoms with Crippen molar-refractivity contribution in [1.82, 2.24) is 9.88 Å². The maximum absolute atomic E-state index is 12.4. The number of carbonyl (C=O) groups excluding carboxylic acids is 2. The van der Waals surface area contributed by atoms with Gasteiger partial charge in [-0.15, -0.1) is 0 Å². The molecule has 2 atom stereocenters. The number of rotatable bonds is 6. The largest absolute Gasteiger partial charge is 0.482 e. The Bertz CT molecular complexity index is 494. The number of likely N-dealkylation sites (tertiary alicyclic amines) is 1. The normalized spacial score (nSPS) is 21.3. The molecule has 0 unspecified atom stereocenters. The molecule has 2 amide bonds. The van der Waals surface area contributed by atoms with Crippen molar-refractivity contribution in [3.63, 3.8) is 0 Å². The highest BCUT2D eigenvalue weighted by molar-refractivity contribution is 5.80. The number of nitrogens with zero attached hydrogens (tertiary/aromatic N) is 2. The molecular weight excluding hydrogens is 272 g/mol. The minimum Gasteiger partial charge on any atom is -0.482 e. The fourth-order valence-electron chi connectivity index (χ4n) is 2.68. The third-order valence-corrected chi connectivity index (χ3v) is 3.61. The Balaban J connectivity index is 1.98. The molecule has 4 N–H and O–H groups in total. The third-order valence-electron chi connectivity index (χ3n) is 3.61. The Hall–Kier alpha value is -2.15. The van der Waals surface area contributed by atoms with Crippen LogP contribution in [0.4, 0.5) is 0 Å². The van der Waals surface area contributed by atoms with Crippen LogP contribution in [-0.2, 0) is 9.59 Å². The molecule has 1 saturated heterocycles. The Morgan fingerprint density at radius 3 is 2.76 bits per heavy atom. The summed E-state index contributed by atoms with van der Waals surface area (Å²) in [6.45, 7) is 0.269. The van der Waals surface area contributed by atoms with Crippen LogP contribution in [0.1, 0.15) is 19.3 Å². The van der Waals surface area contributed by atoms with Crippen molar-refractivity contribution in [2.45, 2.75) is 31.3 Å². The number of carbonyl (C=O) groups is 2. The maximum Gasteiger partial charge on any atom is 0.261 e. The highest BCUT2D eigenvalue weighted by Gasteiger charge is 2.36. The lowest BCUT2D eigenvalue weighted by Crippen LogP contribution is -2.47. The van der Waals surface area contributed by atoms with Crippen LogP contribution in [0.2, 0.25) is 0 Å². The first-order chi connectivity index (χ1) is 10.1. The summed E-state index contributed by atoms with van der Waals surface area (Å²) in [5.41, 5.74) is 10.9. The van der Waals surface area contributed by atoms with E-state index in [1.807, 2.05) is 0 Å². The van der Waals surface area contributed by atoms with Crippen molar-refractivity contribution in [2.24, 2.45) is 11.5 Å². The van der Waals surface area contributed by atoms with E-state index in [4.69, 9.17) is 16.2 Å². The van der Waals surface area contributed by atoms with E-state index in [1.165, 1.54) is 0 Å². The van der Waals surface area contributed by atoms with Crippen LogP contribution < -0.4 is 16.2 Å². The first-order valence-corrected chi connectivity index (χ1v) is 6.94. The molecule has 1 aliphatic rings. The predicted octanol–water partition coefficient (Wildman–Crippen LogP) is -0.346. The summed E-state index contributed by atoms with van der Waals surface area (Å²) in [5, 5.41) is 0. The number of aromatic nitrogens is 1. The number of primary amides is 1. The van der Waals surface area contributed by atoms with Crippen molar-refractivity contribution in [1.29, 1.82) is 0 Å². The Kier molecular flexibility index (Phi) is 5.10. The highest BCUT2D eigenvalue weighted by Crippen LogP contribution is 2.26. The molecule has 1 aromatic heterocycles. The molecule has 0 radical (unpaired) electrons. The molecule has 7 nitrogen and oxygen atoms in total. The third kappa shape index (κ3) is 3.91. The Morgan fingerprint density at radius 2 is 2.14 bits per heavy atom. The highest BCUT2D eigenvalue weighted by atomic mass is 16.5. The first-order valence-electron chi connectivity index (χ1n) is 6.94. The molecule has 0 saturated carbocycles. The summed E-state index contributed by atoms with van der Waals surface area (Å²) in [4.78, 5) is 29.0. The van der Waals surface area contributed by atoms with Crippen molar-refractivity contribution in [3.8, 4) is 5.75 Å². The van der Waals surface area contributed by atoms with Gasteiger partial charge in [-0.05, 0) is 25.0 Å². The summed E-state index contributed by atoms with van der Waals surface area (Å²) < 4.78 is 5.42. The van der Waals surface area contributed by atoms with Crippen molar-refractivity contribution >= 4 is 11.8 Å². The number of hydrogen-bond donors (Lipinski definition) is 2. The van der Waals surface area contributed by atoms with Gasteiger partial charge in [0.2, 0.25) is 5.91 Å².